The van der Waals surface area contributed by atoms with Gasteiger partial charge in [-0.25, -0.2) is 4.68 Å². The quantitative estimate of drug-likeness (QED) is 0.636. The maximum atomic E-state index is 13.7. The lowest BCUT2D eigenvalue weighted by Gasteiger charge is -2.31. The average Bonchev–Trinajstić information content (AvgIpc) is 3.32. The van der Waals surface area contributed by atoms with E-state index in [-0.39, 0.29) is 18.1 Å². The Morgan fingerprint density at radius 3 is 2.65 bits per heavy atom. The molecule has 0 bridgehead atoms. The minimum absolute atomic E-state index is 0.120. The van der Waals surface area contributed by atoms with E-state index in [9.17, 15) is 4.79 Å². The molecule has 1 spiro atoms. The maximum absolute atomic E-state index is 13.7. The predicted molar refractivity (Wildman–Crippen MR) is 112 cm³/mol. The third kappa shape index (κ3) is 4.57. The van der Waals surface area contributed by atoms with Crippen molar-refractivity contribution in [3.63, 3.8) is 0 Å². The van der Waals surface area contributed by atoms with Crippen molar-refractivity contribution >= 4 is 5.91 Å². The second kappa shape index (κ2) is 9.32. The molecule has 2 saturated heterocycles. The van der Waals surface area contributed by atoms with Crippen LogP contribution in [0.1, 0.15) is 50.5 Å². The predicted octanol–water partition coefficient (Wildman–Crippen LogP) is 2.38. The molecule has 9 heteroatoms. The van der Waals surface area contributed by atoms with Gasteiger partial charge in [-0.2, -0.15) is 0 Å². The molecule has 0 aliphatic carbocycles. The standard InChI is InChI=1S/C22H31N5O4/c1-16(2)31-18-6-4-17(5-7-18)15-26-19(20-23-24-25-27(20)10-13-29-3)14-22(21(26)28)8-11-30-12-9-22/h4-7,16,19H,8-15H2,1-3H3. The Morgan fingerprint density at radius 2 is 1.97 bits per heavy atom. The zero-order valence-electron chi connectivity index (χ0n) is 18.5. The van der Waals surface area contributed by atoms with E-state index in [1.807, 2.05) is 43.0 Å². The first-order valence-corrected chi connectivity index (χ1v) is 10.9. The third-order valence-corrected chi connectivity index (χ3v) is 6.14. The number of benzene rings is 1. The van der Waals surface area contributed by atoms with Gasteiger partial charge in [-0.3, -0.25) is 4.79 Å². The van der Waals surface area contributed by atoms with Crippen LogP contribution >= 0.6 is 0 Å². The number of hydrogen-bond acceptors (Lipinski definition) is 7. The Morgan fingerprint density at radius 1 is 1.23 bits per heavy atom. The van der Waals surface area contributed by atoms with E-state index in [0.717, 1.165) is 24.2 Å². The van der Waals surface area contributed by atoms with E-state index in [0.29, 0.717) is 45.2 Å². The van der Waals surface area contributed by atoms with Crippen molar-refractivity contribution in [2.24, 2.45) is 5.41 Å². The molecule has 2 aliphatic heterocycles. The minimum Gasteiger partial charge on any atom is -0.491 e. The molecule has 2 aromatic rings. The van der Waals surface area contributed by atoms with Crippen LogP contribution in [0.2, 0.25) is 0 Å². The van der Waals surface area contributed by atoms with Crippen LogP contribution < -0.4 is 4.74 Å². The SMILES string of the molecule is COCCn1nnnc1C1CC2(CCOCC2)C(=O)N1Cc1ccc(OC(C)C)cc1. The Kier molecular flexibility index (Phi) is 6.52. The van der Waals surface area contributed by atoms with Gasteiger partial charge in [-0.05, 0) is 61.2 Å². The normalized spacial score (nSPS) is 20.7. The Balaban J connectivity index is 1.60. The molecule has 0 N–H and O–H groups in total. The summed E-state index contributed by atoms with van der Waals surface area (Å²) in [5.74, 6) is 1.71. The lowest BCUT2D eigenvalue weighted by atomic mass is 9.77. The van der Waals surface area contributed by atoms with Gasteiger partial charge in [0, 0.05) is 26.9 Å². The van der Waals surface area contributed by atoms with Crippen LogP contribution in [0.15, 0.2) is 24.3 Å². The van der Waals surface area contributed by atoms with Gasteiger partial charge in [0.2, 0.25) is 5.91 Å². The highest BCUT2D eigenvalue weighted by Gasteiger charge is 2.53. The van der Waals surface area contributed by atoms with Crippen LogP contribution in [0.25, 0.3) is 0 Å². The second-order valence-corrected chi connectivity index (χ2v) is 8.61. The summed E-state index contributed by atoms with van der Waals surface area (Å²) >= 11 is 0. The topological polar surface area (TPSA) is 91.6 Å². The largest absolute Gasteiger partial charge is 0.491 e. The molecule has 0 saturated carbocycles. The molecule has 1 amide bonds. The van der Waals surface area contributed by atoms with Crippen LogP contribution in [0.3, 0.4) is 0 Å². The van der Waals surface area contributed by atoms with E-state index in [1.54, 1.807) is 11.8 Å². The number of hydrogen-bond donors (Lipinski definition) is 0. The van der Waals surface area contributed by atoms with Crippen LogP contribution in [0.5, 0.6) is 5.75 Å². The lowest BCUT2D eigenvalue weighted by molar-refractivity contribution is -0.141. The number of ether oxygens (including phenoxy) is 3. The second-order valence-electron chi connectivity index (χ2n) is 8.61. The van der Waals surface area contributed by atoms with Crippen molar-refractivity contribution in [1.82, 2.24) is 25.1 Å². The third-order valence-electron chi connectivity index (χ3n) is 6.14. The molecule has 4 rings (SSSR count). The van der Waals surface area contributed by atoms with Gasteiger partial charge in [-0.15, -0.1) is 5.10 Å². The first-order chi connectivity index (χ1) is 15.0. The fourth-order valence-electron chi connectivity index (χ4n) is 4.54. The number of tetrazole rings is 1. The van der Waals surface area contributed by atoms with E-state index in [2.05, 4.69) is 15.5 Å². The average molecular weight is 430 g/mol. The summed E-state index contributed by atoms with van der Waals surface area (Å²) in [6.07, 6.45) is 2.30. The summed E-state index contributed by atoms with van der Waals surface area (Å²) in [7, 11) is 1.65. The smallest absolute Gasteiger partial charge is 0.229 e. The van der Waals surface area contributed by atoms with Gasteiger partial charge in [-0.1, -0.05) is 12.1 Å². The summed E-state index contributed by atoms with van der Waals surface area (Å²) in [5, 5.41) is 12.3. The van der Waals surface area contributed by atoms with Crippen LogP contribution in [-0.4, -0.2) is 64.0 Å². The molecular weight excluding hydrogens is 398 g/mol. The monoisotopic (exact) mass is 429 g/mol. The molecule has 1 atom stereocenters. The van der Waals surface area contributed by atoms with Crippen molar-refractivity contribution in [3.05, 3.63) is 35.7 Å². The first kappa shape index (κ1) is 21.7. The van der Waals surface area contributed by atoms with E-state index in [1.165, 1.54) is 0 Å². The number of methoxy groups -OCH3 is 1. The van der Waals surface area contributed by atoms with E-state index < -0.39 is 5.41 Å². The van der Waals surface area contributed by atoms with E-state index >= 15 is 0 Å². The molecule has 1 aromatic heterocycles. The molecule has 1 aromatic carbocycles. The summed E-state index contributed by atoms with van der Waals surface area (Å²) in [5.41, 5.74) is 0.649. The number of nitrogens with zero attached hydrogens (tertiary/aromatic N) is 5. The fraction of sp³-hybridized carbons (Fsp3) is 0.636. The molecule has 9 nitrogen and oxygen atoms in total. The van der Waals surface area contributed by atoms with E-state index in [4.69, 9.17) is 14.2 Å². The molecule has 31 heavy (non-hydrogen) atoms. The number of rotatable bonds is 8. The Bertz CT molecular complexity index is 876. The Labute approximate surface area is 182 Å². The first-order valence-electron chi connectivity index (χ1n) is 10.9. The molecule has 0 radical (unpaired) electrons. The van der Waals surface area contributed by atoms with Crippen molar-refractivity contribution in [2.75, 3.05) is 26.9 Å². The Hall–Kier alpha value is -2.52. The van der Waals surface area contributed by atoms with Crippen LogP contribution in [-0.2, 0) is 27.4 Å². The van der Waals surface area contributed by atoms with Gasteiger partial charge in [0.15, 0.2) is 5.82 Å². The number of carbonyl (C=O) groups is 1. The van der Waals surface area contributed by atoms with Crippen LogP contribution in [0, 0.1) is 5.41 Å². The summed E-state index contributed by atoms with van der Waals surface area (Å²) in [4.78, 5) is 15.6. The molecule has 2 fully saturated rings. The zero-order valence-corrected chi connectivity index (χ0v) is 18.5. The zero-order chi connectivity index (χ0) is 21.8. The van der Waals surface area contributed by atoms with Crippen molar-refractivity contribution in [1.29, 1.82) is 0 Å². The maximum Gasteiger partial charge on any atom is 0.229 e. The lowest BCUT2D eigenvalue weighted by Crippen LogP contribution is -2.38. The highest BCUT2D eigenvalue weighted by Crippen LogP contribution is 2.49. The fourth-order valence-corrected chi connectivity index (χ4v) is 4.54. The molecule has 3 heterocycles. The molecule has 2 aliphatic rings. The summed E-state index contributed by atoms with van der Waals surface area (Å²) in [6.45, 7) is 6.80. The van der Waals surface area contributed by atoms with Crippen molar-refractivity contribution in [3.8, 4) is 5.75 Å². The van der Waals surface area contributed by atoms with Gasteiger partial charge in [0.1, 0.15) is 5.75 Å². The number of amides is 1. The van der Waals surface area contributed by atoms with Crippen molar-refractivity contribution < 1.29 is 19.0 Å². The number of likely N-dealkylation sites (tertiary alicyclic amines) is 1. The molecule has 168 valence electrons. The highest BCUT2D eigenvalue weighted by atomic mass is 16.5. The molecular formula is C22H31N5O4. The van der Waals surface area contributed by atoms with Crippen LogP contribution in [0.4, 0.5) is 0 Å². The minimum atomic E-state index is -0.401. The number of carbonyl (C=O) groups excluding carboxylic acids is 1. The van der Waals surface area contributed by atoms with Gasteiger partial charge < -0.3 is 19.1 Å². The van der Waals surface area contributed by atoms with Gasteiger partial charge in [0.25, 0.3) is 0 Å². The molecule has 1 unspecified atom stereocenters. The van der Waals surface area contributed by atoms with Gasteiger partial charge >= 0.3 is 0 Å². The van der Waals surface area contributed by atoms with Crippen molar-refractivity contribution in [2.45, 2.75) is 58.3 Å². The summed E-state index contributed by atoms with van der Waals surface area (Å²) < 4.78 is 18.3. The highest BCUT2D eigenvalue weighted by molar-refractivity contribution is 5.85. The summed E-state index contributed by atoms with van der Waals surface area (Å²) in [6, 6.07) is 7.77. The number of aromatic nitrogens is 4. The van der Waals surface area contributed by atoms with Gasteiger partial charge in [0.05, 0.1) is 30.7 Å².